The Balaban J connectivity index is 1.77. The molecule has 5 nitrogen and oxygen atoms in total. The number of likely N-dealkylation sites (tertiary alicyclic amines) is 1. The summed E-state index contributed by atoms with van der Waals surface area (Å²) in [6.45, 7) is 1.30. The van der Waals surface area contributed by atoms with E-state index >= 15 is 0 Å². The number of pyridine rings is 1. The Morgan fingerprint density at radius 2 is 2.40 bits per heavy atom. The molecule has 2 aliphatic rings. The summed E-state index contributed by atoms with van der Waals surface area (Å²) in [5.74, 6) is -0.0116. The van der Waals surface area contributed by atoms with Gasteiger partial charge in [-0.05, 0) is 28.4 Å². The van der Waals surface area contributed by atoms with Crippen LogP contribution >= 0.6 is 27.5 Å². The largest absolute Gasteiger partial charge is 0.374 e. The summed E-state index contributed by atoms with van der Waals surface area (Å²) >= 11 is 9.47. The van der Waals surface area contributed by atoms with E-state index in [1.807, 2.05) is 4.90 Å². The maximum Gasteiger partial charge on any atom is 0.272 e. The smallest absolute Gasteiger partial charge is 0.272 e. The van der Waals surface area contributed by atoms with E-state index in [-0.39, 0.29) is 18.1 Å². The fourth-order valence-corrected chi connectivity index (χ4v) is 3.85. The number of nitrogens with zero attached hydrogens (tertiary/aromatic N) is 3. The molecule has 0 spiro atoms. The minimum atomic E-state index is -0.0116. The minimum Gasteiger partial charge on any atom is -0.374 e. The van der Waals surface area contributed by atoms with E-state index in [0.717, 1.165) is 10.9 Å². The second-order valence-electron chi connectivity index (χ2n) is 5.15. The predicted octanol–water partition coefficient (Wildman–Crippen LogP) is 2.36. The number of amides is 1. The highest BCUT2D eigenvalue weighted by molar-refractivity contribution is 9.10. The number of carbonyl (C=O) groups is 1. The Morgan fingerprint density at radius 3 is 3.10 bits per heavy atom. The van der Waals surface area contributed by atoms with Gasteiger partial charge in [0.2, 0.25) is 0 Å². The summed E-state index contributed by atoms with van der Waals surface area (Å²) in [5, 5.41) is 0.558. The zero-order valence-corrected chi connectivity index (χ0v) is 12.8. The fourth-order valence-electron chi connectivity index (χ4n) is 2.97. The van der Waals surface area contributed by atoms with Crippen molar-refractivity contribution in [1.82, 2.24) is 14.3 Å². The summed E-state index contributed by atoms with van der Waals surface area (Å²) in [6.07, 6.45) is 4.45. The molecule has 2 bridgehead atoms. The summed E-state index contributed by atoms with van der Waals surface area (Å²) in [4.78, 5) is 18.9. The molecular formula is C13H11BrClN3O2. The molecule has 20 heavy (non-hydrogen) atoms. The molecule has 0 radical (unpaired) electrons. The topological polar surface area (TPSA) is 46.8 Å². The fraction of sp³-hybridized carbons (Fsp3) is 0.385. The molecule has 2 aliphatic heterocycles. The van der Waals surface area contributed by atoms with E-state index in [0.29, 0.717) is 29.5 Å². The normalized spacial score (nSPS) is 24.8. The van der Waals surface area contributed by atoms with Gasteiger partial charge in [0.05, 0.1) is 34.4 Å². The molecule has 7 heteroatoms. The number of halogens is 2. The molecular weight excluding hydrogens is 346 g/mol. The Kier molecular flexibility index (Phi) is 2.80. The van der Waals surface area contributed by atoms with Gasteiger partial charge in [-0.15, -0.1) is 0 Å². The summed E-state index contributed by atoms with van der Waals surface area (Å²) in [6, 6.07) is 1.96. The van der Waals surface area contributed by atoms with Crippen LogP contribution in [-0.2, 0) is 4.74 Å². The van der Waals surface area contributed by atoms with Crippen LogP contribution in [0.2, 0.25) is 5.02 Å². The Morgan fingerprint density at radius 1 is 1.55 bits per heavy atom. The average Bonchev–Trinajstić information content (AvgIpc) is 3.11. The van der Waals surface area contributed by atoms with Gasteiger partial charge < -0.3 is 9.64 Å². The van der Waals surface area contributed by atoms with Crippen LogP contribution in [0, 0.1) is 0 Å². The van der Waals surface area contributed by atoms with Crippen molar-refractivity contribution in [1.29, 1.82) is 0 Å². The predicted molar refractivity (Wildman–Crippen MR) is 77.1 cm³/mol. The highest BCUT2D eigenvalue weighted by Crippen LogP contribution is 2.30. The van der Waals surface area contributed by atoms with Gasteiger partial charge in [0.25, 0.3) is 5.91 Å². The molecule has 2 fully saturated rings. The first kappa shape index (κ1) is 12.6. The number of imidazole rings is 1. The van der Waals surface area contributed by atoms with Crippen LogP contribution in [0.3, 0.4) is 0 Å². The van der Waals surface area contributed by atoms with E-state index in [1.54, 1.807) is 22.9 Å². The van der Waals surface area contributed by atoms with Gasteiger partial charge in [-0.25, -0.2) is 4.98 Å². The van der Waals surface area contributed by atoms with Crippen LogP contribution in [-0.4, -0.2) is 45.5 Å². The molecule has 2 aromatic rings. The quantitative estimate of drug-likeness (QED) is 0.788. The number of ether oxygens (including phenoxy) is 1. The van der Waals surface area contributed by atoms with E-state index in [9.17, 15) is 4.79 Å². The minimum absolute atomic E-state index is 0.0116. The van der Waals surface area contributed by atoms with Crippen molar-refractivity contribution >= 4 is 39.1 Å². The molecule has 0 aromatic carbocycles. The number of rotatable bonds is 1. The molecule has 0 unspecified atom stereocenters. The van der Waals surface area contributed by atoms with Crippen molar-refractivity contribution in [3.63, 3.8) is 0 Å². The van der Waals surface area contributed by atoms with E-state index in [4.69, 9.17) is 16.3 Å². The number of hydrogen-bond acceptors (Lipinski definition) is 3. The maximum atomic E-state index is 12.7. The van der Waals surface area contributed by atoms with Crippen LogP contribution < -0.4 is 0 Å². The van der Waals surface area contributed by atoms with Gasteiger partial charge in [-0.3, -0.25) is 9.20 Å². The lowest BCUT2D eigenvalue weighted by atomic mass is 10.2. The molecule has 1 amide bonds. The van der Waals surface area contributed by atoms with Gasteiger partial charge in [-0.2, -0.15) is 0 Å². The van der Waals surface area contributed by atoms with Crippen molar-refractivity contribution in [2.75, 3.05) is 13.2 Å². The second kappa shape index (κ2) is 4.44. The molecule has 2 aromatic heterocycles. The van der Waals surface area contributed by atoms with Crippen molar-refractivity contribution < 1.29 is 9.53 Å². The van der Waals surface area contributed by atoms with Crippen LogP contribution in [0.1, 0.15) is 16.9 Å². The SMILES string of the molecule is O=C(c1cnc2c(Br)cc(Cl)cn12)N1C[C@@H]2C[C@H]1CO2. The Bertz CT molecular complexity index is 717. The van der Waals surface area contributed by atoms with Gasteiger partial charge in [0.15, 0.2) is 5.65 Å². The summed E-state index contributed by atoms with van der Waals surface area (Å²) in [7, 11) is 0. The Labute approximate surface area is 128 Å². The Hall–Kier alpha value is -1.11. The van der Waals surface area contributed by atoms with E-state index in [1.165, 1.54) is 0 Å². The highest BCUT2D eigenvalue weighted by atomic mass is 79.9. The zero-order valence-electron chi connectivity index (χ0n) is 10.4. The van der Waals surface area contributed by atoms with Gasteiger partial charge in [0, 0.05) is 12.7 Å². The number of aromatic nitrogens is 2. The molecule has 0 aliphatic carbocycles. The van der Waals surface area contributed by atoms with Gasteiger partial charge in [-0.1, -0.05) is 11.6 Å². The number of fused-ring (bicyclic) bond motifs is 3. The summed E-state index contributed by atoms with van der Waals surface area (Å²) in [5.41, 5.74) is 1.23. The van der Waals surface area contributed by atoms with Crippen LogP contribution in [0.25, 0.3) is 5.65 Å². The van der Waals surface area contributed by atoms with Crippen molar-refractivity contribution in [2.45, 2.75) is 18.6 Å². The first-order valence-corrected chi connectivity index (χ1v) is 7.55. The molecule has 104 valence electrons. The van der Waals surface area contributed by atoms with E-state index < -0.39 is 0 Å². The third-order valence-electron chi connectivity index (χ3n) is 3.91. The standard InChI is InChI=1S/C13H11BrClN3O2/c14-10-1-7(15)4-18-11(3-16-12(10)18)13(19)17-5-9-2-8(17)6-20-9/h1,3-4,8-9H,2,5-6H2/t8-,9-/m0/s1. The second-order valence-corrected chi connectivity index (χ2v) is 6.44. The van der Waals surface area contributed by atoms with Crippen molar-refractivity contribution in [2.24, 2.45) is 0 Å². The number of morpholine rings is 1. The lowest BCUT2D eigenvalue weighted by Gasteiger charge is -2.26. The lowest BCUT2D eigenvalue weighted by molar-refractivity contribution is 0.0255. The molecule has 4 heterocycles. The van der Waals surface area contributed by atoms with Crippen molar-refractivity contribution in [3.05, 3.63) is 33.6 Å². The van der Waals surface area contributed by atoms with Gasteiger partial charge in [0.1, 0.15) is 5.69 Å². The maximum absolute atomic E-state index is 12.7. The molecule has 0 N–H and O–H groups in total. The molecule has 2 saturated heterocycles. The molecule has 2 atom stereocenters. The third-order valence-corrected chi connectivity index (χ3v) is 4.70. The average molecular weight is 357 g/mol. The molecule has 0 saturated carbocycles. The third kappa shape index (κ3) is 1.78. The molecule has 4 rings (SSSR count). The van der Waals surface area contributed by atoms with Crippen LogP contribution in [0.15, 0.2) is 22.9 Å². The summed E-state index contributed by atoms with van der Waals surface area (Å²) < 4.78 is 8.04. The highest BCUT2D eigenvalue weighted by Gasteiger charge is 2.42. The van der Waals surface area contributed by atoms with Crippen molar-refractivity contribution in [3.8, 4) is 0 Å². The number of hydrogen-bond donors (Lipinski definition) is 0. The van der Waals surface area contributed by atoms with Crippen LogP contribution in [0.5, 0.6) is 0 Å². The van der Waals surface area contributed by atoms with E-state index in [2.05, 4.69) is 20.9 Å². The zero-order chi connectivity index (χ0) is 13.9. The number of carbonyl (C=O) groups excluding carboxylic acids is 1. The first-order chi connectivity index (χ1) is 9.63. The lowest BCUT2D eigenvalue weighted by Crippen LogP contribution is -2.41. The van der Waals surface area contributed by atoms with Crippen LogP contribution in [0.4, 0.5) is 0 Å². The van der Waals surface area contributed by atoms with Gasteiger partial charge >= 0.3 is 0 Å². The monoisotopic (exact) mass is 355 g/mol. The first-order valence-electron chi connectivity index (χ1n) is 6.38.